The van der Waals surface area contributed by atoms with Crippen molar-refractivity contribution < 1.29 is 29.4 Å². The Morgan fingerprint density at radius 2 is 1.39 bits per heavy atom. The molecule has 178 valence electrons. The number of hydrogen-bond acceptors (Lipinski definition) is 4. The van der Waals surface area contributed by atoms with Crippen molar-refractivity contribution in [1.29, 1.82) is 0 Å². The number of carboxylic acids is 2. The Morgan fingerprint density at radius 1 is 0.806 bits per heavy atom. The van der Waals surface area contributed by atoms with E-state index in [1.54, 1.807) is 0 Å². The van der Waals surface area contributed by atoms with Crippen LogP contribution in [0.15, 0.2) is 12.2 Å². The molecule has 1 unspecified atom stereocenters. The molecule has 1 atom stereocenters. The SMILES string of the molecule is CCCCCNC(=O)NCCCC/C=C/CCCCCC(=O)NC(CC(=O)O)C(=O)O. The third-order valence-corrected chi connectivity index (χ3v) is 4.60. The number of rotatable bonds is 19. The first kappa shape index (κ1) is 28.4. The minimum Gasteiger partial charge on any atom is -0.481 e. The fourth-order valence-electron chi connectivity index (χ4n) is 2.83. The second-order valence-electron chi connectivity index (χ2n) is 7.51. The Morgan fingerprint density at radius 3 is 1.94 bits per heavy atom. The first-order valence-electron chi connectivity index (χ1n) is 11.3. The number of carbonyl (C=O) groups is 4. The van der Waals surface area contributed by atoms with Crippen LogP contribution in [0.3, 0.4) is 0 Å². The molecule has 0 aliphatic carbocycles. The van der Waals surface area contributed by atoms with E-state index in [-0.39, 0.29) is 12.5 Å². The van der Waals surface area contributed by atoms with Gasteiger partial charge in [0.05, 0.1) is 6.42 Å². The van der Waals surface area contributed by atoms with Crippen LogP contribution < -0.4 is 16.0 Å². The highest BCUT2D eigenvalue weighted by Gasteiger charge is 2.22. The van der Waals surface area contributed by atoms with Gasteiger partial charge in [0.1, 0.15) is 6.04 Å². The van der Waals surface area contributed by atoms with Crippen LogP contribution in [0.4, 0.5) is 4.79 Å². The van der Waals surface area contributed by atoms with Crippen molar-refractivity contribution in [2.45, 2.75) is 90.0 Å². The second-order valence-corrected chi connectivity index (χ2v) is 7.51. The Labute approximate surface area is 185 Å². The average Bonchev–Trinajstić information content (AvgIpc) is 2.71. The summed E-state index contributed by atoms with van der Waals surface area (Å²) in [6, 6.07) is -1.48. The topological polar surface area (TPSA) is 145 Å². The summed E-state index contributed by atoms with van der Waals surface area (Å²) in [6.45, 7) is 3.52. The molecule has 9 nitrogen and oxygen atoms in total. The van der Waals surface area contributed by atoms with Gasteiger partial charge in [-0.05, 0) is 44.9 Å². The smallest absolute Gasteiger partial charge is 0.326 e. The number of urea groups is 1. The van der Waals surface area contributed by atoms with Crippen molar-refractivity contribution in [2.24, 2.45) is 0 Å². The van der Waals surface area contributed by atoms with Crippen molar-refractivity contribution in [3.63, 3.8) is 0 Å². The number of carbonyl (C=O) groups excluding carboxylic acids is 2. The number of allylic oxidation sites excluding steroid dienone is 2. The van der Waals surface area contributed by atoms with Crippen molar-refractivity contribution in [3.8, 4) is 0 Å². The number of unbranched alkanes of at least 4 members (excludes halogenated alkanes) is 7. The lowest BCUT2D eigenvalue weighted by Crippen LogP contribution is -2.42. The maximum Gasteiger partial charge on any atom is 0.326 e. The summed E-state index contributed by atoms with van der Waals surface area (Å²) in [4.78, 5) is 44.7. The van der Waals surface area contributed by atoms with Crippen LogP contribution in [-0.4, -0.2) is 53.2 Å². The molecule has 5 N–H and O–H groups in total. The number of aliphatic carboxylic acids is 2. The molecule has 0 fully saturated rings. The Balaban J connectivity index is 3.57. The van der Waals surface area contributed by atoms with Crippen LogP contribution in [0.2, 0.25) is 0 Å². The molecule has 0 saturated carbocycles. The third-order valence-electron chi connectivity index (χ3n) is 4.60. The van der Waals surface area contributed by atoms with Gasteiger partial charge >= 0.3 is 18.0 Å². The summed E-state index contributed by atoms with van der Waals surface area (Å²) >= 11 is 0. The van der Waals surface area contributed by atoms with Gasteiger partial charge in [0.15, 0.2) is 0 Å². The molecule has 3 amide bonds. The molecule has 0 spiro atoms. The van der Waals surface area contributed by atoms with Gasteiger partial charge in [-0.1, -0.05) is 38.3 Å². The van der Waals surface area contributed by atoms with Crippen LogP contribution in [-0.2, 0) is 14.4 Å². The van der Waals surface area contributed by atoms with Crippen LogP contribution in [0.5, 0.6) is 0 Å². The van der Waals surface area contributed by atoms with E-state index in [0.717, 1.165) is 64.3 Å². The molecule has 0 saturated heterocycles. The summed E-state index contributed by atoms with van der Waals surface area (Å²) in [5.41, 5.74) is 0. The summed E-state index contributed by atoms with van der Waals surface area (Å²) in [7, 11) is 0. The number of amides is 3. The van der Waals surface area contributed by atoms with E-state index in [4.69, 9.17) is 10.2 Å². The summed E-state index contributed by atoms with van der Waals surface area (Å²) in [5, 5.41) is 25.5. The van der Waals surface area contributed by atoms with Crippen LogP contribution in [0, 0.1) is 0 Å². The number of nitrogens with one attached hydrogen (secondary N) is 3. The molecule has 31 heavy (non-hydrogen) atoms. The highest BCUT2D eigenvalue weighted by Crippen LogP contribution is 2.06. The van der Waals surface area contributed by atoms with Crippen molar-refractivity contribution in [2.75, 3.05) is 13.1 Å². The van der Waals surface area contributed by atoms with Gasteiger partial charge in [0, 0.05) is 19.5 Å². The standard InChI is InChI=1S/C22H39N3O6/c1-2-3-12-15-23-22(31)24-16-13-10-8-6-4-5-7-9-11-14-19(26)25-18(21(29)30)17-20(27)28/h4,6,18H,2-3,5,7-17H2,1H3,(H,25,26)(H,27,28)(H,29,30)(H2,23,24,31)/b6-4+. The van der Waals surface area contributed by atoms with Crippen LogP contribution in [0.1, 0.15) is 84.0 Å². The minimum absolute atomic E-state index is 0.0966. The van der Waals surface area contributed by atoms with Crippen LogP contribution in [0.25, 0.3) is 0 Å². The zero-order valence-electron chi connectivity index (χ0n) is 18.7. The molecule has 0 aromatic carbocycles. The average molecular weight is 442 g/mol. The lowest BCUT2D eigenvalue weighted by atomic mass is 10.1. The summed E-state index contributed by atoms with van der Waals surface area (Å²) in [6.07, 6.45) is 13.3. The Bertz CT molecular complexity index is 565. The van der Waals surface area contributed by atoms with Gasteiger partial charge in [-0.3, -0.25) is 9.59 Å². The molecule has 0 radical (unpaired) electrons. The van der Waals surface area contributed by atoms with E-state index < -0.39 is 30.3 Å². The first-order valence-corrected chi connectivity index (χ1v) is 11.3. The summed E-state index contributed by atoms with van der Waals surface area (Å²) in [5.74, 6) is -3.05. The lowest BCUT2D eigenvalue weighted by Gasteiger charge is -2.12. The molecule has 0 bridgehead atoms. The van der Waals surface area contributed by atoms with E-state index >= 15 is 0 Å². The van der Waals surface area contributed by atoms with Gasteiger partial charge < -0.3 is 26.2 Å². The van der Waals surface area contributed by atoms with E-state index in [1.807, 2.05) is 0 Å². The quantitative estimate of drug-likeness (QED) is 0.154. The fourth-order valence-corrected chi connectivity index (χ4v) is 2.83. The Kier molecular flexibility index (Phi) is 17.8. The predicted octanol–water partition coefficient (Wildman–Crippen LogP) is 3.20. The second kappa shape index (κ2) is 19.4. The molecule has 0 heterocycles. The fraction of sp³-hybridized carbons (Fsp3) is 0.727. The van der Waals surface area contributed by atoms with Crippen molar-refractivity contribution in [1.82, 2.24) is 16.0 Å². The van der Waals surface area contributed by atoms with Gasteiger partial charge in [0.2, 0.25) is 5.91 Å². The molecule has 0 aliphatic heterocycles. The zero-order chi connectivity index (χ0) is 23.3. The Hall–Kier alpha value is -2.58. The molecule has 0 aliphatic rings. The van der Waals surface area contributed by atoms with E-state index in [0.29, 0.717) is 13.0 Å². The monoisotopic (exact) mass is 441 g/mol. The van der Waals surface area contributed by atoms with E-state index in [1.165, 1.54) is 0 Å². The van der Waals surface area contributed by atoms with E-state index in [9.17, 15) is 19.2 Å². The van der Waals surface area contributed by atoms with Crippen LogP contribution >= 0.6 is 0 Å². The molecule has 0 rings (SSSR count). The van der Waals surface area contributed by atoms with Gasteiger partial charge in [-0.15, -0.1) is 0 Å². The van der Waals surface area contributed by atoms with Crippen molar-refractivity contribution >= 4 is 23.9 Å². The molecular weight excluding hydrogens is 402 g/mol. The zero-order valence-corrected chi connectivity index (χ0v) is 18.7. The predicted molar refractivity (Wildman–Crippen MR) is 119 cm³/mol. The number of hydrogen-bond donors (Lipinski definition) is 5. The summed E-state index contributed by atoms with van der Waals surface area (Å²) < 4.78 is 0. The highest BCUT2D eigenvalue weighted by atomic mass is 16.4. The molecular formula is C22H39N3O6. The van der Waals surface area contributed by atoms with Crippen molar-refractivity contribution in [3.05, 3.63) is 12.2 Å². The maximum absolute atomic E-state index is 11.7. The molecule has 9 heteroatoms. The van der Waals surface area contributed by atoms with Gasteiger partial charge in [0.25, 0.3) is 0 Å². The van der Waals surface area contributed by atoms with Gasteiger partial charge in [-0.25, -0.2) is 9.59 Å². The third kappa shape index (κ3) is 19.1. The number of carboxylic acid groups (broad SMARTS) is 2. The first-order chi connectivity index (χ1) is 14.9. The lowest BCUT2D eigenvalue weighted by molar-refractivity contribution is -0.147. The maximum atomic E-state index is 11.7. The normalized spacial score (nSPS) is 11.8. The van der Waals surface area contributed by atoms with Gasteiger partial charge in [-0.2, -0.15) is 0 Å². The molecule has 0 aromatic rings. The molecule has 0 aromatic heterocycles. The highest BCUT2D eigenvalue weighted by molar-refractivity contribution is 5.86. The minimum atomic E-state index is -1.39. The van der Waals surface area contributed by atoms with E-state index in [2.05, 4.69) is 35.0 Å². The largest absolute Gasteiger partial charge is 0.481 e.